The van der Waals surface area contributed by atoms with Crippen molar-refractivity contribution in [3.8, 4) is 17.1 Å². The number of morpholine rings is 1. The van der Waals surface area contributed by atoms with E-state index in [2.05, 4.69) is 26.7 Å². The van der Waals surface area contributed by atoms with Gasteiger partial charge in [0.25, 0.3) is 0 Å². The van der Waals surface area contributed by atoms with Crippen molar-refractivity contribution in [1.82, 2.24) is 24.8 Å². The molecule has 0 radical (unpaired) electrons. The van der Waals surface area contributed by atoms with Crippen molar-refractivity contribution < 1.29 is 9.84 Å². The molecule has 0 bridgehead atoms. The molecular weight excluding hydrogens is 400 g/mol. The Labute approximate surface area is 181 Å². The van der Waals surface area contributed by atoms with Gasteiger partial charge in [0.2, 0.25) is 0 Å². The standard InChI is InChI=1S/C21H28N6O2S/c1-25-2-4-26(5-3-25)14-17-11-18-19(30-17)21(27-6-8-29-9-7-27)24-20(23-18)15-10-16(28)13-22-12-15/h10,12-13,17,28H,2-9,11,14H2,1H3. The number of rotatable bonds is 4. The molecule has 2 fully saturated rings. The number of ether oxygens (including phenoxy) is 1. The molecule has 2 aromatic heterocycles. The second-order valence-electron chi connectivity index (χ2n) is 8.23. The van der Waals surface area contributed by atoms with Crippen molar-refractivity contribution in [2.24, 2.45) is 0 Å². The number of piperazine rings is 1. The van der Waals surface area contributed by atoms with Crippen molar-refractivity contribution in [1.29, 1.82) is 0 Å². The molecule has 3 aliphatic heterocycles. The van der Waals surface area contributed by atoms with E-state index in [1.54, 1.807) is 12.3 Å². The monoisotopic (exact) mass is 428 g/mol. The predicted octanol–water partition coefficient (Wildman–Crippen LogP) is 1.34. The number of aromatic nitrogens is 3. The predicted molar refractivity (Wildman–Crippen MR) is 117 cm³/mol. The fourth-order valence-corrected chi connectivity index (χ4v) is 5.66. The van der Waals surface area contributed by atoms with Crippen LogP contribution in [-0.4, -0.2) is 101 Å². The second-order valence-corrected chi connectivity index (χ2v) is 9.54. The van der Waals surface area contributed by atoms with E-state index in [1.165, 1.54) is 11.1 Å². The van der Waals surface area contributed by atoms with E-state index in [0.717, 1.165) is 82.5 Å². The average Bonchev–Trinajstić information content (AvgIpc) is 3.17. The van der Waals surface area contributed by atoms with Gasteiger partial charge < -0.3 is 19.6 Å². The number of pyridine rings is 1. The normalized spacial score (nSPS) is 23.0. The first-order valence-corrected chi connectivity index (χ1v) is 11.5. The van der Waals surface area contributed by atoms with Crippen molar-refractivity contribution in [2.75, 3.05) is 71.0 Å². The lowest BCUT2D eigenvalue weighted by atomic mass is 10.2. The first-order chi connectivity index (χ1) is 14.7. The van der Waals surface area contributed by atoms with Gasteiger partial charge in [-0.2, -0.15) is 0 Å². The van der Waals surface area contributed by atoms with E-state index in [4.69, 9.17) is 14.7 Å². The summed E-state index contributed by atoms with van der Waals surface area (Å²) in [5, 5.41) is 10.4. The SMILES string of the molecule is CN1CCN(CC2Cc3nc(-c4cncc(O)c4)nc(N4CCOCC4)c3S2)CC1. The van der Waals surface area contributed by atoms with Crippen LogP contribution in [0.3, 0.4) is 0 Å². The summed E-state index contributed by atoms with van der Waals surface area (Å²) in [4.78, 5) is 22.5. The van der Waals surface area contributed by atoms with Gasteiger partial charge in [0.1, 0.15) is 11.6 Å². The van der Waals surface area contributed by atoms with E-state index in [9.17, 15) is 5.11 Å². The topological polar surface area (TPSA) is 77.9 Å². The van der Waals surface area contributed by atoms with Crippen LogP contribution in [0.2, 0.25) is 0 Å². The van der Waals surface area contributed by atoms with Gasteiger partial charge in [-0.05, 0) is 13.1 Å². The molecule has 30 heavy (non-hydrogen) atoms. The lowest BCUT2D eigenvalue weighted by Gasteiger charge is -2.33. The number of fused-ring (bicyclic) bond motifs is 1. The lowest BCUT2D eigenvalue weighted by Crippen LogP contribution is -2.46. The zero-order valence-electron chi connectivity index (χ0n) is 17.3. The Morgan fingerprint density at radius 2 is 1.90 bits per heavy atom. The molecule has 0 amide bonds. The van der Waals surface area contributed by atoms with Gasteiger partial charge in [-0.15, -0.1) is 11.8 Å². The van der Waals surface area contributed by atoms with Gasteiger partial charge in [0, 0.05) is 69.2 Å². The summed E-state index contributed by atoms with van der Waals surface area (Å²) in [6.45, 7) is 8.73. The molecule has 5 rings (SSSR count). The van der Waals surface area contributed by atoms with Gasteiger partial charge in [-0.25, -0.2) is 9.97 Å². The fraction of sp³-hybridized carbons (Fsp3) is 0.571. The maximum Gasteiger partial charge on any atom is 0.163 e. The zero-order chi connectivity index (χ0) is 20.5. The molecule has 0 aliphatic carbocycles. The minimum absolute atomic E-state index is 0.131. The van der Waals surface area contributed by atoms with Gasteiger partial charge in [-0.3, -0.25) is 9.88 Å². The maximum atomic E-state index is 9.87. The Bertz CT molecular complexity index is 899. The summed E-state index contributed by atoms with van der Waals surface area (Å²) >= 11 is 1.93. The van der Waals surface area contributed by atoms with Crippen molar-refractivity contribution in [3.63, 3.8) is 0 Å². The Morgan fingerprint density at radius 1 is 1.10 bits per heavy atom. The van der Waals surface area contributed by atoms with Crippen molar-refractivity contribution in [2.45, 2.75) is 16.6 Å². The quantitative estimate of drug-likeness (QED) is 0.776. The first-order valence-electron chi connectivity index (χ1n) is 10.6. The molecule has 1 N–H and O–H groups in total. The average molecular weight is 429 g/mol. The number of anilines is 1. The summed E-state index contributed by atoms with van der Waals surface area (Å²) < 4.78 is 5.56. The van der Waals surface area contributed by atoms with Crippen LogP contribution in [0.1, 0.15) is 5.69 Å². The van der Waals surface area contributed by atoms with Crippen LogP contribution in [0.25, 0.3) is 11.4 Å². The molecule has 1 atom stereocenters. The minimum atomic E-state index is 0.131. The van der Waals surface area contributed by atoms with Crippen LogP contribution in [0.15, 0.2) is 23.4 Å². The number of thioether (sulfide) groups is 1. The molecule has 2 aromatic rings. The van der Waals surface area contributed by atoms with E-state index >= 15 is 0 Å². The van der Waals surface area contributed by atoms with E-state index < -0.39 is 0 Å². The highest BCUT2D eigenvalue weighted by molar-refractivity contribution is 8.00. The molecule has 1 unspecified atom stereocenters. The number of aromatic hydroxyl groups is 1. The summed E-state index contributed by atoms with van der Waals surface area (Å²) in [6.07, 6.45) is 4.10. The number of nitrogens with zero attached hydrogens (tertiary/aromatic N) is 6. The molecule has 3 aliphatic rings. The van der Waals surface area contributed by atoms with Crippen LogP contribution < -0.4 is 4.90 Å². The Morgan fingerprint density at radius 3 is 2.67 bits per heavy atom. The highest BCUT2D eigenvalue weighted by atomic mass is 32.2. The Balaban J connectivity index is 1.43. The van der Waals surface area contributed by atoms with Crippen molar-refractivity contribution in [3.05, 3.63) is 24.2 Å². The van der Waals surface area contributed by atoms with Crippen molar-refractivity contribution >= 4 is 17.6 Å². The highest BCUT2D eigenvalue weighted by Gasteiger charge is 2.32. The number of hydrogen-bond donors (Lipinski definition) is 1. The lowest BCUT2D eigenvalue weighted by molar-refractivity contribution is 0.122. The molecule has 0 saturated carbocycles. The summed E-state index contributed by atoms with van der Waals surface area (Å²) in [5.74, 6) is 1.78. The Hall–Kier alpha value is -1.94. The molecule has 2 saturated heterocycles. The van der Waals surface area contributed by atoms with Gasteiger partial charge >= 0.3 is 0 Å². The fourth-order valence-electron chi connectivity index (χ4n) is 4.26. The van der Waals surface area contributed by atoms with Crippen LogP contribution >= 0.6 is 11.8 Å². The molecule has 5 heterocycles. The summed E-state index contributed by atoms with van der Waals surface area (Å²) in [5.41, 5.74) is 1.87. The van der Waals surface area contributed by atoms with Crippen LogP contribution in [0.5, 0.6) is 5.75 Å². The smallest absolute Gasteiger partial charge is 0.163 e. The van der Waals surface area contributed by atoms with E-state index in [0.29, 0.717) is 11.1 Å². The van der Waals surface area contributed by atoms with Gasteiger partial charge in [0.15, 0.2) is 5.82 Å². The number of hydrogen-bond acceptors (Lipinski definition) is 9. The van der Waals surface area contributed by atoms with Crippen LogP contribution in [0, 0.1) is 0 Å². The Kier molecular flexibility index (Phi) is 5.77. The zero-order valence-corrected chi connectivity index (χ0v) is 18.1. The molecule has 0 spiro atoms. The van der Waals surface area contributed by atoms with E-state index in [1.807, 2.05) is 11.8 Å². The maximum absolute atomic E-state index is 9.87. The molecule has 8 nitrogen and oxygen atoms in total. The molecule has 160 valence electrons. The summed E-state index contributed by atoms with van der Waals surface area (Å²) in [7, 11) is 2.19. The van der Waals surface area contributed by atoms with Crippen LogP contribution in [0.4, 0.5) is 5.82 Å². The third-order valence-electron chi connectivity index (χ3n) is 5.97. The minimum Gasteiger partial charge on any atom is -0.506 e. The highest BCUT2D eigenvalue weighted by Crippen LogP contribution is 2.43. The largest absolute Gasteiger partial charge is 0.506 e. The molecule has 9 heteroatoms. The third kappa shape index (κ3) is 4.25. The van der Waals surface area contributed by atoms with Crippen LogP contribution in [-0.2, 0) is 11.2 Å². The van der Waals surface area contributed by atoms with Gasteiger partial charge in [-0.1, -0.05) is 0 Å². The first kappa shape index (κ1) is 20.0. The number of likely N-dealkylation sites (N-methyl/N-ethyl adjacent to an activating group) is 1. The van der Waals surface area contributed by atoms with E-state index in [-0.39, 0.29) is 5.75 Å². The van der Waals surface area contributed by atoms with Gasteiger partial charge in [0.05, 0.1) is 30.0 Å². The second kappa shape index (κ2) is 8.66. The molecular formula is C21H28N6O2S. The third-order valence-corrected chi connectivity index (χ3v) is 7.28. The summed E-state index contributed by atoms with van der Waals surface area (Å²) in [6, 6.07) is 1.68. The molecule has 0 aromatic carbocycles.